The van der Waals surface area contributed by atoms with E-state index in [1.807, 2.05) is 0 Å². The predicted molar refractivity (Wildman–Crippen MR) is 85.2 cm³/mol. The molecule has 0 bridgehead atoms. The summed E-state index contributed by atoms with van der Waals surface area (Å²) in [6, 6.07) is 13.3. The van der Waals surface area contributed by atoms with Gasteiger partial charge in [0.2, 0.25) is 11.7 Å². The summed E-state index contributed by atoms with van der Waals surface area (Å²) in [5, 5.41) is 11.8. The summed E-state index contributed by atoms with van der Waals surface area (Å²) in [5.74, 6) is -0.423. The van der Waals surface area contributed by atoms with E-state index in [4.69, 9.17) is 4.84 Å². The van der Waals surface area contributed by atoms with Crippen molar-refractivity contribution >= 4 is 17.0 Å². The van der Waals surface area contributed by atoms with Crippen molar-refractivity contribution in [2.75, 3.05) is 7.11 Å². The number of carbonyl (C=O) groups excluding carboxylic acids is 1. The monoisotopic (exact) mass is 326 g/mol. The summed E-state index contributed by atoms with van der Waals surface area (Å²) in [5.41, 5.74) is 1.34. The van der Waals surface area contributed by atoms with E-state index in [0.717, 1.165) is 16.5 Å². The molecule has 1 aromatic heterocycles. The minimum atomic E-state index is -0.560. The third-order valence-corrected chi connectivity index (χ3v) is 3.50. The van der Waals surface area contributed by atoms with Crippen LogP contribution in [0.15, 0.2) is 59.5 Å². The Bertz CT molecular complexity index is 947. The number of aromatic nitrogens is 2. The molecule has 0 atom stereocenters. The Labute approximate surface area is 136 Å². The molecule has 0 fully saturated rings. The lowest BCUT2D eigenvalue weighted by Crippen LogP contribution is -2.38. The molecule has 7 nitrogen and oxygen atoms in total. The Balaban J connectivity index is 1.86. The Kier molecular flexibility index (Phi) is 4.15. The van der Waals surface area contributed by atoms with Gasteiger partial charge in [-0.15, -0.1) is 4.73 Å². The van der Waals surface area contributed by atoms with E-state index in [0.29, 0.717) is 21.3 Å². The lowest BCUT2D eigenvalue weighted by molar-refractivity contribution is -0.578. The number of hydrogen-bond acceptors (Lipinski definition) is 5. The molecule has 3 aromatic rings. The molecule has 0 N–H and O–H groups in total. The summed E-state index contributed by atoms with van der Waals surface area (Å²) in [6.45, 7) is 0.105. The Morgan fingerprint density at radius 1 is 1.17 bits per heavy atom. The Morgan fingerprint density at radius 3 is 2.58 bits per heavy atom. The highest BCUT2D eigenvalue weighted by atomic mass is 16.7. The zero-order valence-electron chi connectivity index (χ0n) is 12.8. The first-order chi connectivity index (χ1) is 11.6. The van der Waals surface area contributed by atoms with Crippen LogP contribution in [0.1, 0.15) is 15.9 Å². The molecule has 3 rings (SSSR count). The number of hydrogen-bond donors (Lipinski definition) is 0. The van der Waals surface area contributed by atoms with E-state index in [-0.39, 0.29) is 6.61 Å². The van der Waals surface area contributed by atoms with Gasteiger partial charge in [0.05, 0.1) is 12.7 Å². The van der Waals surface area contributed by atoms with Crippen molar-refractivity contribution in [2.45, 2.75) is 6.61 Å². The number of ether oxygens (including phenoxy) is 1. The molecule has 0 saturated heterocycles. The molecule has 1 heterocycles. The minimum absolute atomic E-state index is 0.105. The third kappa shape index (κ3) is 2.91. The maximum absolute atomic E-state index is 12.0. The molecule has 0 aliphatic heterocycles. The van der Waals surface area contributed by atoms with Crippen LogP contribution in [0.25, 0.3) is 11.0 Å². The van der Waals surface area contributed by atoms with Crippen molar-refractivity contribution in [3.63, 3.8) is 0 Å². The molecule has 0 aliphatic carbocycles. The number of benzene rings is 2. The first-order valence-corrected chi connectivity index (χ1v) is 7.14. The number of rotatable bonds is 4. The van der Waals surface area contributed by atoms with Gasteiger partial charge >= 0.3 is 11.5 Å². The highest BCUT2D eigenvalue weighted by Crippen LogP contribution is 2.08. The molecular formula is C17H14N2O5. The number of fused-ring (bicyclic) bond motifs is 1. The van der Waals surface area contributed by atoms with Crippen molar-refractivity contribution in [3.8, 4) is 0 Å². The lowest BCUT2D eigenvalue weighted by Gasteiger charge is -2.11. The van der Waals surface area contributed by atoms with E-state index in [9.17, 15) is 14.8 Å². The summed E-state index contributed by atoms with van der Waals surface area (Å²) in [6.07, 6.45) is 0.919. The summed E-state index contributed by atoms with van der Waals surface area (Å²) in [7, 11) is 1.31. The molecule has 0 amide bonds. The lowest BCUT2D eigenvalue weighted by atomic mass is 10.1. The highest BCUT2D eigenvalue weighted by molar-refractivity contribution is 5.89. The zero-order chi connectivity index (χ0) is 17.1. The smallest absolute Gasteiger partial charge is 0.349 e. The van der Waals surface area contributed by atoms with Crippen LogP contribution >= 0.6 is 0 Å². The van der Waals surface area contributed by atoms with Crippen LogP contribution in [0, 0.1) is 5.21 Å². The first-order valence-electron chi connectivity index (χ1n) is 7.14. The number of para-hydroxylation sites is 2. The van der Waals surface area contributed by atoms with Crippen LogP contribution in [0.5, 0.6) is 0 Å². The Hall–Kier alpha value is -3.35. The van der Waals surface area contributed by atoms with Gasteiger partial charge in [0.25, 0.3) is 0 Å². The van der Waals surface area contributed by atoms with Crippen molar-refractivity contribution in [1.29, 1.82) is 0 Å². The van der Waals surface area contributed by atoms with Gasteiger partial charge in [-0.25, -0.2) is 4.79 Å². The van der Waals surface area contributed by atoms with Crippen LogP contribution in [0.2, 0.25) is 0 Å². The first kappa shape index (κ1) is 15.5. The Morgan fingerprint density at radius 2 is 1.88 bits per heavy atom. The van der Waals surface area contributed by atoms with Crippen LogP contribution < -0.4 is 15.1 Å². The molecule has 2 aromatic carbocycles. The number of nitrogens with zero attached hydrogens (tertiary/aromatic N) is 2. The van der Waals surface area contributed by atoms with Crippen LogP contribution in [-0.2, 0) is 11.3 Å². The fraction of sp³-hybridized carbons (Fsp3) is 0.118. The van der Waals surface area contributed by atoms with E-state index in [1.165, 1.54) is 7.11 Å². The van der Waals surface area contributed by atoms with Crippen molar-refractivity contribution < 1.29 is 19.1 Å². The third-order valence-electron chi connectivity index (χ3n) is 3.50. The average molecular weight is 326 g/mol. The molecule has 7 heteroatoms. The van der Waals surface area contributed by atoms with E-state index < -0.39 is 11.5 Å². The maximum Gasteiger partial charge on any atom is 0.349 e. The van der Waals surface area contributed by atoms with Gasteiger partial charge in [0.15, 0.2) is 5.52 Å². The van der Waals surface area contributed by atoms with Crippen LogP contribution in [-0.4, -0.2) is 17.8 Å². The second-order valence-corrected chi connectivity index (χ2v) is 5.04. The van der Waals surface area contributed by atoms with Crippen molar-refractivity contribution in [1.82, 2.24) is 4.73 Å². The van der Waals surface area contributed by atoms with E-state index in [2.05, 4.69) is 4.74 Å². The second kappa shape index (κ2) is 6.41. The van der Waals surface area contributed by atoms with Gasteiger partial charge in [-0.1, -0.05) is 24.3 Å². The summed E-state index contributed by atoms with van der Waals surface area (Å²) >= 11 is 0. The average Bonchev–Trinajstić information content (AvgIpc) is 2.61. The van der Waals surface area contributed by atoms with Gasteiger partial charge < -0.3 is 14.8 Å². The van der Waals surface area contributed by atoms with Gasteiger partial charge in [0, 0.05) is 6.07 Å². The van der Waals surface area contributed by atoms with Crippen molar-refractivity contribution in [2.24, 2.45) is 0 Å². The molecule has 0 unspecified atom stereocenters. The fourth-order valence-corrected chi connectivity index (χ4v) is 2.29. The highest BCUT2D eigenvalue weighted by Gasteiger charge is 2.12. The number of esters is 1. The molecule has 0 radical (unpaired) electrons. The summed E-state index contributed by atoms with van der Waals surface area (Å²) in [4.78, 5) is 29.0. The maximum atomic E-state index is 12.0. The van der Waals surface area contributed by atoms with E-state index >= 15 is 0 Å². The van der Waals surface area contributed by atoms with Crippen LogP contribution in [0.3, 0.4) is 0 Å². The number of carbonyl (C=O) groups is 1. The van der Waals surface area contributed by atoms with Gasteiger partial charge in [-0.3, -0.25) is 4.79 Å². The topological polar surface area (TPSA) is 84.5 Å². The SMILES string of the molecule is COC(=O)c1ccc(COn2c(=O)c[n+]([O-])c3ccccc32)cc1. The van der Waals surface area contributed by atoms with Gasteiger partial charge in [0.1, 0.15) is 6.61 Å². The van der Waals surface area contributed by atoms with Crippen LogP contribution in [0.4, 0.5) is 0 Å². The standard InChI is InChI=1S/C17H14N2O5/c1-23-17(21)13-8-6-12(7-9-13)11-24-19-15-5-3-2-4-14(15)18(22)10-16(19)20/h2-10H,11H2,1H3. The normalized spacial score (nSPS) is 10.5. The van der Waals surface area contributed by atoms with Crippen molar-refractivity contribution in [3.05, 3.63) is 81.4 Å². The molecular weight excluding hydrogens is 312 g/mol. The number of methoxy groups -OCH3 is 1. The quantitative estimate of drug-likeness (QED) is 0.406. The van der Waals surface area contributed by atoms with Gasteiger partial charge in [-0.2, -0.15) is 4.73 Å². The second-order valence-electron chi connectivity index (χ2n) is 5.04. The van der Waals surface area contributed by atoms with Gasteiger partial charge in [-0.05, 0) is 23.8 Å². The predicted octanol–water partition coefficient (Wildman–Crippen LogP) is 1.05. The molecule has 0 spiro atoms. The minimum Gasteiger partial charge on any atom is -0.618 e. The summed E-state index contributed by atoms with van der Waals surface area (Å²) < 4.78 is 6.23. The fourth-order valence-electron chi connectivity index (χ4n) is 2.29. The molecule has 24 heavy (non-hydrogen) atoms. The zero-order valence-corrected chi connectivity index (χ0v) is 12.8. The molecule has 0 saturated carbocycles. The molecule has 0 aliphatic rings. The largest absolute Gasteiger partial charge is 0.618 e. The van der Waals surface area contributed by atoms with E-state index in [1.54, 1.807) is 48.5 Å². The molecule has 122 valence electrons.